The van der Waals surface area contributed by atoms with E-state index in [1.807, 2.05) is 11.8 Å². The zero-order chi connectivity index (χ0) is 24.0. The molecule has 1 saturated heterocycles. The van der Waals surface area contributed by atoms with Crippen molar-refractivity contribution >= 4 is 17.7 Å². The summed E-state index contributed by atoms with van der Waals surface area (Å²) in [6.07, 6.45) is -0.903. The van der Waals surface area contributed by atoms with Crippen molar-refractivity contribution in [1.82, 2.24) is 15.3 Å². The molecule has 0 bridgehead atoms. The Morgan fingerprint density at radius 3 is 2.67 bits per heavy atom. The molecule has 0 aliphatic carbocycles. The zero-order valence-electron chi connectivity index (χ0n) is 18.5. The molecule has 33 heavy (non-hydrogen) atoms. The minimum absolute atomic E-state index is 0.0709. The maximum Gasteiger partial charge on any atom is 0.413 e. The van der Waals surface area contributed by atoms with Gasteiger partial charge in [-0.05, 0) is 38.1 Å². The van der Waals surface area contributed by atoms with Crippen LogP contribution in [-0.2, 0) is 10.7 Å². The van der Waals surface area contributed by atoms with E-state index in [9.17, 15) is 22.4 Å². The van der Waals surface area contributed by atoms with Gasteiger partial charge < -0.3 is 15.0 Å². The summed E-state index contributed by atoms with van der Waals surface area (Å²) in [4.78, 5) is 22.3. The summed E-state index contributed by atoms with van der Waals surface area (Å²) in [6.45, 7) is 5.33. The maximum atomic E-state index is 14.4. The van der Waals surface area contributed by atoms with Gasteiger partial charge in [0, 0.05) is 50.3 Å². The number of ether oxygens (including phenoxy) is 1. The number of hydrogen-bond donors (Lipinski definition) is 2. The molecule has 2 N–H and O–H groups in total. The van der Waals surface area contributed by atoms with Crippen molar-refractivity contribution in [1.29, 1.82) is 0 Å². The Kier molecular flexibility index (Phi) is 5.94. The Balaban J connectivity index is 1.89. The number of nitrogens with zero attached hydrogens (tertiary/aromatic N) is 3. The van der Waals surface area contributed by atoms with E-state index < -0.39 is 24.0 Å². The number of aromatic nitrogens is 2. The van der Waals surface area contributed by atoms with Gasteiger partial charge in [-0.3, -0.25) is 5.32 Å². The first-order valence-corrected chi connectivity index (χ1v) is 10.7. The van der Waals surface area contributed by atoms with E-state index in [1.54, 1.807) is 0 Å². The fourth-order valence-corrected chi connectivity index (χ4v) is 4.09. The van der Waals surface area contributed by atoms with Crippen molar-refractivity contribution in [2.45, 2.75) is 51.2 Å². The van der Waals surface area contributed by atoms with Crippen molar-refractivity contribution < 1.29 is 27.1 Å². The van der Waals surface area contributed by atoms with Gasteiger partial charge in [0.2, 0.25) is 0 Å². The summed E-state index contributed by atoms with van der Waals surface area (Å²) in [6, 6.07) is 4.04. The number of alkyl halides is 4. The van der Waals surface area contributed by atoms with Crippen molar-refractivity contribution in [3.63, 3.8) is 0 Å². The average molecular weight is 467 g/mol. The van der Waals surface area contributed by atoms with Gasteiger partial charge in [-0.2, -0.15) is 0 Å². The Labute approximate surface area is 188 Å². The summed E-state index contributed by atoms with van der Waals surface area (Å²) < 4.78 is 62.5. The van der Waals surface area contributed by atoms with Crippen LogP contribution in [0.4, 0.5) is 34.0 Å². The van der Waals surface area contributed by atoms with E-state index >= 15 is 0 Å². The highest BCUT2D eigenvalue weighted by Gasteiger charge is 2.45. The van der Waals surface area contributed by atoms with Crippen LogP contribution in [0.3, 0.4) is 0 Å². The number of hydrogen-bond acceptors (Lipinski definition) is 6. The molecule has 178 valence electrons. The van der Waals surface area contributed by atoms with E-state index in [-0.39, 0.29) is 34.2 Å². The van der Waals surface area contributed by atoms with Crippen LogP contribution >= 0.6 is 0 Å². The molecule has 4 heterocycles. The van der Waals surface area contributed by atoms with Crippen molar-refractivity contribution in [3.8, 4) is 11.3 Å². The molecule has 1 amide bonds. The predicted octanol–water partition coefficient (Wildman–Crippen LogP) is 4.70. The van der Waals surface area contributed by atoms with Gasteiger partial charge in [-0.25, -0.2) is 32.3 Å². The van der Waals surface area contributed by atoms with Crippen LogP contribution in [0.5, 0.6) is 0 Å². The second-order valence-electron chi connectivity index (χ2n) is 8.63. The first-order chi connectivity index (χ1) is 15.4. The SMILES string of the molecule is C[C@H]1CN(c2cc(C(C)(F)F)cc(-c3ccnc4c3[C@H](C(C)(F)F)OC(=O)N4)n2)CCCN1. The lowest BCUT2D eigenvalue weighted by Crippen LogP contribution is -2.36. The smallest absolute Gasteiger partial charge is 0.413 e. The molecule has 0 spiro atoms. The Bertz CT molecular complexity index is 1050. The number of cyclic esters (lactones) is 1. The number of carbonyl (C=O) groups excluding carboxylic acids is 1. The van der Waals surface area contributed by atoms with Gasteiger partial charge >= 0.3 is 6.09 Å². The lowest BCUT2D eigenvalue weighted by molar-refractivity contribution is -0.0984. The maximum absolute atomic E-state index is 14.4. The second-order valence-corrected chi connectivity index (χ2v) is 8.63. The number of anilines is 2. The molecule has 2 aliphatic rings. The topological polar surface area (TPSA) is 79.4 Å². The van der Waals surface area contributed by atoms with Crippen molar-refractivity contribution in [2.75, 3.05) is 29.9 Å². The molecular weight excluding hydrogens is 442 g/mol. The molecule has 0 unspecified atom stereocenters. The van der Waals surface area contributed by atoms with Gasteiger partial charge in [-0.15, -0.1) is 0 Å². The minimum Gasteiger partial charge on any atom is -0.434 e. The summed E-state index contributed by atoms with van der Waals surface area (Å²) in [5.74, 6) is -6.41. The molecule has 0 aromatic carbocycles. The standard InChI is InChI=1S/C22H25F4N5O2/c1-12-11-31(8-4-6-27-12)16-10-13(21(2,23)24)9-15(29-16)14-5-7-28-19-17(14)18(22(3,25)26)33-20(32)30-19/h5,7,9-10,12,18,27H,4,6,8,11H2,1-3H3,(H,28,30,32)/t12-,18+/m0/s1. The van der Waals surface area contributed by atoms with Crippen LogP contribution in [0.25, 0.3) is 11.3 Å². The van der Waals surface area contributed by atoms with Crippen LogP contribution in [0.15, 0.2) is 24.4 Å². The monoisotopic (exact) mass is 467 g/mol. The Hall–Kier alpha value is -2.95. The van der Waals surface area contributed by atoms with Gasteiger partial charge in [0.15, 0.2) is 6.10 Å². The molecule has 0 radical (unpaired) electrons. The third-order valence-electron chi connectivity index (χ3n) is 5.67. The first kappa shape index (κ1) is 23.2. The molecule has 2 aliphatic heterocycles. The van der Waals surface area contributed by atoms with E-state index in [2.05, 4.69) is 20.6 Å². The molecule has 4 rings (SSSR count). The van der Waals surface area contributed by atoms with Crippen LogP contribution in [0.1, 0.15) is 44.4 Å². The molecule has 0 saturated carbocycles. The molecule has 7 nitrogen and oxygen atoms in total. The average Bonchev–Trinajstić information content (AvgIpc) is 2.95. The molecule has 1 fully saturated rings. The molecular formula is C22H25F4N5O2. The molecule has 2 atom stereocenters. The van der Waals surface area contributed by atoms with E-state index in [4.69, 9.17) is 4.74 Å². The third-order valence-corrected chi connectivity index (χ3v) is 5.67. The van der Waals surface area contributed by atoms with Gasteiger partial charge in [-0.1, -0.05) is 0 Å². The third kappa shape index (κ3) is 4.87. The van der Waals surface area contributed by atoms with E-state index in [1.165, 1.54) is 24.4 Å². The van der Waals surface area contributed by atoms with Gasteiger partial charge in [0.1, 0.15) is 11.6 Å². The number of rotatable bonds is 4. The summed E-state index contributed by atoms with van der Waals surface area (Å²) in [5.41, 5.74) is -0.189. The summed E-state index contributed by atoms with van der Waals surface area (Å²) >= 11 is 0. The number of fused-ring (bicyclic) bond motifs is 1. The quantitative estimate of drug-likeness (QED) is 0.635. The van der Waals surface area contributed by atoms with E-state index in [0.717, 1.165) is 19.9 Å². The fraction of sp³-hybridized carbons (Fsp3) is 0.500. The molecule has 2 aromatic heterocycles. The highest BCUT2D eigenvalue weighted by atomic mass is 19.3. The number of amides is 1. The van der Waals surface area contributed by atoms with Gasteiger partial charge in [0.05, 0.1) is 11.3 Å². The lowest BCUT2D eigenvalue weighted by Gasteiger charge is -2.31. The van der Waals surface area contributed by atoms with Crippen LogP contribution in [0.2, 0.25) is 0 Å². The highest BCUT2D eigenvalue weighted by molar-refractivity contribution is 5.89. The zero-order valence-corrected chi connectivity index (χ0v) is 18.5. The van der Waals surface area contributed by atoms with Crippen LogP contribution < -0.4 is 15.5 Å². The fourth-order valence-electron chi connectivity index (χ4n) is 4.09. The second kappa shape index (κ2) is 8.44. The van der Waals surface area contributed by atoms with Gasteiger partial charge in [0.25, 0.3) is 11.8 Å². The summed E-state index contributed by atoms with van der Waals surface area (Å²) in [5, 5.41) is 5.65. The molecule has 11 heteroatoms. The van der Waals surface area contributed by atoms with Crippen molar-refractivity contribution in [3.05, 3.63) is 35.5 Å². The predicted molar refractivity (Wildman–Crippen MR) is 115 cm³/mol. The normalized spacial score (nSPS) is 21.7. The number of halogens is 4. The first-order valence-electron chi connectivity index (χ1n) is 10.7. The molecule has 2 aromatic rings. The highest BCUT2D eigenvalue weighted by Crippen LogP contribution is 2.45. The van der Waals surface area contributed by atoms with Crippen LogP contribution in [-0.4, -0.2) is 47.7 Å². The van der Waals surface area contributed by atoms with Crippen LogP contribution in [0, 0.1) is 0 Å². The lowest BCUT2D eigenvalue weighted by atomic mass is 9.95. The largest absolute Gasteiger partial charge is 0.434 e. The Morgan fingerprint density at radius 2 is 1.97 bits per heavy atom. The van der Waals surface area contributed by atoms with Crippen molar-refractivity contribution in [2.24, 2.45) is 0 Å². The minimum atomic E-state index is -3.44. The Morgan fingerprint density at radius 1 is 1.21 bits per heavy atom. The van der Waals surface area contributed by atoms with E-state index in [0.29, 0.717) is 25.8 Å². The number of nitrogens with one attached hydrogen (secondary N) is 2. The number of pyridine rings is 2. The summed E-state index contributed by atoms with van der Waals surface area (Å²) in [7, 11) is 0. The number of carbonyl (C=O) groups is 1.